The molecule has 1 aromatic heterocycles. The van der Waals surface area contributed by atoms with Crippen LogP contribution in [0.15, 0.2) is 24.4 Å². The molecule has 0 spiro atoms. The Hall–Kier alpha value is -1.55. The van der Waals surface area contributed by atoms with Crippen LogP contribution in [0.1, 0.15) is 31.4 Å². The lowest BCUT2D eigenvalue weighted by atomic mass is 10.2. The summed E-state index contributed by atoms with van der Waals surface area (Å²) in [7, 11) is -3.38. The zero-order valence-electron chi connectivity index (χ0n) is 15.7. The molecule has 1 amide bonds. The summed E-state index contributed by atoms with van der Waals surface area (Å²) in [6.07, 6.45) is 5.42. The van der Waals surface area contributed by atoms with Gasteiger partial charge in [0.1, 0.15) is 0 Å². The normalized spacial score (nSPS) is 20.9. The van der Waals surface area contributed by atoms with Crippen molar-refractivity contribution < 1.29 is 13.2 Å². The molecule has 27 heavy (non-hydrogen) atoms. The van der Waals surface area contributed by atoms with Gasteiger partial charge in [0.05, 0.1) is 18.8 Å². The predicted octanol–water partition coefficient (Wildman–Crippen LogP) is 0.436. The summed E-state index contributed by atoms with van der Waals surface area (Å²) in [6.45, 7) is 4.19. The van der Waals surface area contributed by atoms with Crippen molar-refractivity contribution in [2.75, 3.05) is 45.8 Å². The van der Waals surface area contributed by atoms with Crippen molar-refractivity contribution in [2.24, 2.45) is 0 Å². The molecule has 0 bridgehead atoms. The maximum atomic E-state index is 12.8. The fraction of sp³-hybridized carbons (Fsp3) is 0.667. The Morgan fingerprint density at radius 3 is 2.44 bits per heavy atom. The highest BCUT2D eigenvalue weighted by Crippen LogP contribution is 2.18. The largest absolute Gasteiger partial charge is 0.349 e. The highest BCUT2D eigenvalue weighted by molar-refractivity contribution is 7.86. The summed E-state index contributed by atoms with van der Waals surface area (Å²) in [5, 5.41) is 2.88. The Bertz CT molecular complexity index is 707. The molecule has 0 aromatic carbocycles. The Kier molecular flexibility index (Phi) is 7.17. The van der Waals surface area contributed by atoms with Crippen molar-refractivity contribution in [3.8, 4) is 0 Å². The third-order valence-electron chi connectivity index (χ3n) is 5.08. The molecule has 3 rings (SSSR count). The quantitative estimate of drug-likeness (QED) is 0.755. The molecule has 0 radical (unpaired) electrons. The van der Waals surface area contributed by atoms with Crippen LogP contribution in [-0.2, 0) is 21.5 Å². The fourth-order valence-electron chi connectivity index (χ4n) is 3.55. The van der Waals surface area contributed by atoms with E-state index in [4.69, 9.17) is 0 Å². The predicted molar refractivity (Wildman–Crippen MR) is 103 cm³/mol. The average molecular weight is 396 g/mol. The molecule has 1 aromatic rings. The molecule has 150 valence electrons. The van der Waals surface area contributed by atoms with E-state index in [1.165, 1.54) is 0 Å². The van der Waals surface area contributed by atoms with Crippen LogP contribution in [0.4, 0.5) is 0 Å². The number of nitrogens with zero attached hydrogens (tertiary/aromatic N) is 4. The molecule has 8 nitrogen and oxygen atoms in total. The number of piperidine rings is 1. The lowest BCUT2D eigenvalue weighted by Crippen LogP contribution is -2.47. The summed E-state index contributed by atoms with van der Waals surface area (Å²) in [5.41, 5.74) is 0.820. The Morgan fingerprint density at radius 1 is 0.963 bits per heavy atom. The second-order valence-corrected chi connectivity index (χ2v) is 9.02. The molecule has 2 saturated heterocycles. The van der Waals surface area contributed by atoms with Gasteiger partial charge < -0.3 is 5.32 Å². The number of amides is 1. The summed E-state index contributed by atoms with van der Waals surface area (Å²) >= 11 is 0. The Morgan fingerprint density at radius 2 is 1.70 bits per heavy atom. The Labute approximate surface area is 161 Å². The standard InChI is InChI=1S/C18H29N5O3S/c24-18(20-15-17-7-2-3-8-19-17)16-21-9-6-12-23(14-13-21)27(25,26)22-10-4-1-5-11-22/h2-3,7-8H,1,4-6,9-16H2,(H,20,24). The monoisotopic (exact) mass is 395 g/mol. The summed E-state index contributed by atoms with van der Waals surface area (Å²) in [5.74, 6) is -0.0620. The maximum absolute atomic E-state index is 12.8. The van der Waals surface area contributed by atoms with E-state index < -0.39 is 10.2 Å². The topological polar surface area (TPSA) is 85.9 Å². The van der Waals surface area contributed by atoms with Gasteiger partial charge in [0.25, 0.3) is 10.2 Å². The van der Waals surface area contributed by atoms with Crippen molar-refractivity contribution in [3.63, 3.8) is 0 Å². The second kappa shape index (κ2) is 9.59. The number of carbonyl (C=O) groups excluding carboxylic acids is 1. The van der Waals surface area contributed by atoms with Crippen molar-refractivity contribution in [1.29, 1.82) is 0 Å². The van der Waals surface area contributed by atoms with Crippen LogP contribution in [-0.4, -0.2) is 78.6 Å². The van der Waals surface area contributed by atoms with Gasteiger partial charge in [0, 0.05) is 38.9 Å². The number of nitrogens with one attached hydrogen (secondary N) is 1. The molecule has 2 aliphatic heterocycles. The highest BCUT2D eigenvalue weighted by Gasteiger charge is 2.32. The van der Waals surface area contributed by atoms with E-state index in [-0.39, 0.29) is 12.5 Å². The minimum absolute atomic E-state index is 0.0620. The molecule has 9 heteroatoms. The minimum atomic E-state index is -3.38. The van der Waals surface area contributed by atoms with E-state index in [0.29, 0.717) is 39.3 Å². The molecule has 0 unspecified atom stereocenters. The minimum Gasteiger partial charge on any atom is -0.349 e. The third kappa shape index (κ3) is 5.71. The number of pyridine rings is 1. The zero-order valence-corrected chi connectivity index (χ0v) is 16.5. The number of rotatable bonds is 6. The first-order valence-corrected chi connectivity index (χ1v) is 11.1. The van der Waals surface area contributed by atoms with E-state index in [1.807, 2.05) is 23.1 Å². The van der Waals surface area contributed by atoms with Crippen LogP contribution < -0.4 is 5.32 Å². The molecule has 0 aliphatic carbocycles. The third-order valence-corrected chi connectivity index (χ3v) is 7.11. The van der Waals surface area contributed by atoms with Crippen LogP contribution in [0.25, 0.3) is 0 Å². The summed E-state index contributed by atoms with van der Waals surface area (Å²) < 4.78 is 28.9. The lowest BCUT2D eigenvalue weighted by molar-refractivity contribution is -0.122. The average Bonchev–Trinajstić information content (AvgIpc) is 2.94. The molecule has 2 aliphatic rings. The van der Waals surface area contributed by atoms with Crippen LogP contribution in [0, 0.1) is 0 Å². The van der Waals surface area contributed by atoms with E-state index >= 15 is 0 Å². The first-order chi connectivity index (χ1) is 13.1. The zero-order chi connectivity index (χ0) is 19.1. The fourth-order valence-corrected chi connectivity index (χ4v) is 5.26. The van der Waals surface area contributed by atoms with Gasteiger partial charge in [-0.3, -0.25) is 14.7 Å². The van der Waals surface area contributed by atoms with Crippen molar-refractivity contribution >= 4 is 16.1 Å². The molecule has 1 N–H and O–H groups in total. The van der Waals surface area contributed by atoms with E-state index in [1.54, 1.807) is 14.8 Å². The number of aromatic nitrogens is 1. The summed E-state index contributed by atoms with van der Waals surface area (Å²) in [4.78, 5) is 18.4. The van der Waals surface area contributed by atoms with Gasteiger partial charge in [0.15, 0.2) is 0 Å². The first-order valence-electron chi connectivity index (χ1n) is 9.70. The lowest BCUT2D eigenvalue weighted by Gasteiger charge is -2.31. The maximum Gasteiger partial charge on any atom is 0.282 e. The number of hydrogen-bond donors (Lipinski definition) is 1. The van der Waals surface area contributed by atoms with Crippen LogP contribution in [0.2, 0.25) is 0 Å². The van der Waals surface area contributed by atoms with Gasteiger partial charge in [-0.1, -0.05) is 12.5 Å². The smallest absolute Gasteiger partial charge is 0.282 e. The molecular formula is C18H29N5O3S. The van der Waals surface area contributed by atoms with Crippen LogP contribution in [0.5, 0.6) is 0 Å². The van der Waals surface area contributed by atoms with Gasteiger partial charge in [0.2, 0.25) is 5.91 Å². The number of hydrogen-bond acceptors (Lipinski definition) is 5. The van der Waals surface area contributed by atoms with Crippen LogP contribution >= 0.6 is 0 Å². The molecule has 0 atom stereocenters. The van der Waals surface area contributed by atoms with Crippen molar-refractivity contribution in [2.45, 2.75) is 32.2 Å². The van der Waals surface area contributed by atoms with E-state index in [2.05, 4.69) is 10.3 Å². The van der Waals surface area contributed by atoms with Gasteiger partial charge in [-0.05, 0) is 37.9 Å². The second-order valence-electron chi connectivity index (χ2n) is 7.09. The molecular weight excluding hydrogens is 366 g/mol. The first kappa shape index (κ1) is 20.2. The van der Waals surface area contributed by atoms with Crippen molar-refractivity contribution in [1.82, 2.24) is 23.8 Å². The molecule has 0 saturated carbocycles. The van der Waals surface area contributed by atoms with Gasteiger partial charge in [-0.2, -0.15) is 17.0 Å². The van der Waals surface area contributed by atoms with E-state index in [0.717, 1.165) is 37.9 Å². The van der Waals surface area contributed by atoms with Gasteiger partial charge in [-0.25, -0.2) is 0 Å². The van der Waals surface area contributed by atoms with Gasteiger partial charge >= 0.3 is 0 Å². The molecule has 3 heterocycles. The van der Waals surface area contributed by atoms with Crippen LogP contribution in [0.3, 0.4) is 0 Å². The summed E-state index contributed by atoms with van der Waals surface area (Å²) in [6, 6.07) is 5.60. The van der Waals surface area contributed by atoms with Crippen molar-refractivity contribution in [3.05, 3.63) is 30.1 Å². The molecule has 2 fully saturated rings. The highest BCUT2D eigenvalue weighted by atomic mass is 32.2. The Balaban J connectivity index is 1.47. The van der Waals surface area contributed by atoms with E-state index in [9.17, 15) is 13.2 Å². The van der Waals surface area contributed by atoms with Gasteiger partial charge in [-0.15, -0.1) is 0 Å². The SMILES string of the molecule is O=C(CN1CCCN(S(=O)(=O)N2CCCCC2)CC1)NCc1ccccn1. The number of carbonyl (C=O) groups is 1.